The molecule has 1 aromatic carbocycles. The highest BCUT2D eigenvalue weighted by molar-refractivity contribution is 6.09. The van der Waals surface area contributed by atoms with E-state index in [-0.39, 0.29) is 11.6 Å². The topological polar surface area (TPSA) is 52.7 Å². The van der Waals surface area contributed by atoms with Gasteiger partial charge in [0, 0.05) is 32.2 Å². The Morgan fingerprint density at radius 2 is 1.79 bits per heavy atom. The number of likely N-dealkylation sites (N-methyl/N-ethyl adjacent to an activating group) is 1. The van der Waals surface area contributed by atoms with Crippen LogP contribution in [0.3, 0.4) is 0 Å². The molecule has 2 amide bonds. The molecular formula is C17H23F2N3O2. The molecule has 0 aromatic heterocycles. The lowest BCUT2D eigenvalue weighted by Gasteiger charge is -2.37. The molecule has 0 atom stereocenters. The first-order chi connectivity index (χ1) is 11.3. The van der Waals surface area contributed by atoms with Gasteiger partial charge in [-0.15, -0.1) is 0 Å². The predicted octanol–water partition coefficient (Wildman–Crippen LogP) is 2.09. The number of piperazine rings is 1. The monoisotopic (exact) mass is 339 g/mol. The Morgan fingerprint density at radius 3 is 2.33 bits per heavy atom. The maximum Gasteiger partial charge on any atom is 0.239 e. The summed E-state index contributed by atoms with van der Waals surface area (Å²) in [5, 5.41) is 2.38. The van der Waals surface area contributed by atoms with E-state index in [1.807, 2.05) is 0 Å². The van der Waals surface area contributed by atoms with E-state index in [1.54, 1.807) is 4.90 Å². The zero-order valence-electron chi connectivity index (χ0n) is 14.2. The molecule has 5 nitrogen and oxygen atoms in total. The van der Waals surface area contributed by atoms with Crippen molar-refractivity contribution in [1.82, 2.24) is 9.80 Å². The molecule has 24 heavy (non-hydrogen) atoms. The van der Waals surface area contributed by atoms with E-state index in [0.717, 1.165) is 31.8 Å². The zero-order valence-corrected chi connectivity index (χ0v) is 14.2. The first kappa shape index (κ1) is 18.3. The highest BCUT2D eigenvalue weighted by Gasteiger charge is 2.40. The standard InChI is InChI=1S/C17H23F2N3O2/c1-4-21-7-9-22(10-8-21)16(24)17(2,3)15(23)20-14-6-5-12(18)11-13(14)19/h5-6,11H,4,7-10H2,1-3H3,(H,20,23). The van der Waals surface area contributed by atoms with Gasteiger partial charge >= 0.3 is 0 Å². The third-order valence-corrected chi connectivity index (χ3v) is 4.39. The second kappa shape index (κ2) is 7.25. The zero-order chi connectivity index (χ0) is 17.9. The van der Waals surface area contributed by atoms with Crippen LogP contribution in [0, 0.1) is 17.0 Å². The van der Waals surface area contributed by atoms with Crippen LogP contribution in [0.25, 0.3) is 0 Å². The second-order valence-electron chi connectivity index (χ2n) is 6.43. The van der Waals surface area contributed by atoms with Gasteiger partial charge in [-0.05, 0) is 32.5 Å². The Morgan fingerprint density at radius 1 is 1.17 bits per heavy atom. The van der Waals surface area contributed by atoms with Crippen LogP contribution in [0.4, 0.5) is 14.5 Å². The molecule has 7 heteroatoms. The van der Waals surface area contributed by atoms with Gasteiger partial charge in [0.1, 0.15) is 17.0 Å². The first-order valence-corrected chi connectivity index (χ1v) is 8.04. The Balaban J connectivity index is 2.05. The Bertz CT molecular complexity index is 626. The number of hydrogen-bond donors (Lipinski definition) is 1. The molecule has 0 unspecified atom stereocenters. The number of nitrogens with zero attached hydrogens (tertiary/aromatic N) is 2. The summed E-state index contributed by atoms with van der Waals surface area (Å²) in [5.41, 5.74) is -1.48. The summed E-state index contributed by atoms with van der Waals surface area (Å²) in [6.07, 6.45) is 0. The average Bonchev–Trinajstić information content (AvgIpc) is 2.56. The molecule has 1 heterocycles. The number of anilines is 1. The fourth-order valence-corrected chi connectivity index (χ4v) is 2.63. The normalized spacial score (nSPS) is 16.1. The van der Waals surface area contributed by atoms with Crippen molar-refractivity contribution in [2.45, 2.75) is 20.8 Å². The molecule has 132 valence electrons. The highest BCUT2D eigenvalue weighted by Crippen LogP contribution is 2.24. The van der Waals surface area contributed by atoms with E-state index in [1.165, 1.54) is 13.8 Å². The van der Waals surface area contributed by atoms with Crippen molar-refractivity contribution < 1.29 is 18.4 Å². The SMILES string of the molecule is CCN1CCN(C(=O)C(C)(C)C(=O)Nc2ccc(F)cc2F)CC1. The van der Waals surface area contributed by atoms with Gasteiger partial charge in [0.2, 0.25) is 11.8 Å². The summed E-state index contributed by atoms with van der Waals surface area (Å²) in [6, 6.07) is 2.88. The molecule has 0 saturated carbocycles. The van der Waals surface area contributed by atoms with Gasteiger partial charge in [-0.1, -0.05) is 6.92 Å². The van der Waals surface area contributed by atoms with Crippen molar-refractivity contribution in [2.24, 2.45) is 5.41 Å². The summed E-state index contributed by atoms with van der Waals surface area (Å²) in [5.74, 6) is -2.51. The number of benzene rings is 1. The lowest BCUT2D eigenvalue weighted by Crippen LogP contribution is -2.54. The lowest BCUT2D eigenvalue weighted by atomic mass is 9.89. The molecule has 1 saturated heterocycles. The third-order valence-electron chi connectivity index (χ3n) is 4.39. The minimum Gasteiger partial charge on any atom is -0.339 e. The van der Waals surface area contributed by atoms with Gasteiger partial charge in [0.05, 0.1) is 5.69 Å². The van der Waals surface area contributed by atoms with Gasteiger partial charge in [0.15, 0.2) is 0 Å². The lowest BCUT2D eigenvalue weighted by molar-refractivity contribution is -0.147. The smallest absolute Gasteiger partial charge is 0.239 e. The van der Waals surface area contributed by atoms with Crippen molar-refractivity contribution in [3.63, 3.8) is 0 Å². The summed E-state index contributed by atoms with van der Waals surface area (Å²) in [6.45, 7) is 8.68. The number of rotatable bonds is 4. The molecule has 1 aliphatic rings. The van der Waals surface area contributed by atoms with Crippen molar-refractivity contribution in [2.75, 3.05) is 38.0 Å². The largest absolute Gasteiger partial charge is 0.339 e. The van der Waals surface area contributed by atoms with E-state index >= 15 is 0 Å². The quantitative estimate of drug-likeness (QED) is 0.855. The van der Waals surface area contributed by atoms with Crippen molar-refractivity contribution >= 4 is 17.5 Å². The number of carbonyl (C=O) groups is 2. The number of carbonyl (C=O) groups excluding carboxylic acids is 2. The minimum atomic E-state index is -1.34. The maximum absolute atomic E-state index is 13.7. The second-order valence-corrected chi connectivity index (χ2v) is 6.43. The van der Waals surface area contributed by atoms with E-state index in [0.29, 0.717) is 19.2 Å². The molecular weight excluding hydrogens is 316 g/mol. The summed E-state index contributed by atoms with van der Waals surface area (Å²) >= 11 is 0. The van der Waals surface area contributed by atoms with E-state index in [9.17, 15) is 18.4 Å². The molecule has 1 fully saturated rings. The molecule has 1 aliphatic heterocycles. The van der Waals surface area contributed by atoms with Crippen LogP contribution in [0.5, 0.6) is 0 Å². The van der Waals surface area contributed by atoms with Crippen LogP contribution in [-0.4, -0.2) is 54.3 Å². The highest BCUT2D eigenvalue weighted by atomic mass is 19.1. The van der Waals surface area contributed by atoms with Gasteiger partial charge < -0.3 is 15.1 Å². The van der Waals surface area contributed by atoms with Crippen molar-refractivity contribution in [3.8, 4) is 0 Å². The number of halogens is 2. The Kier molecular flexibility index (Phi) is 5.54. The third kappa shape index (κ3) is 3.90. The summed E-state index contributed by atoms with van der Waals surface area (Å²) in [4.78, 5) is 29.0. The number of hydrogen-bond acceptors (Lipinski definition) is 3. The molecule has 1 aromatic rings. The van der Waals surface area contributed by atoms with Crippen molar-refractivity contribution in [1.29, 1.82) is 0 Å². The fourth-order valence-electron chi connectivity index (χ4n) is 2.63. The van der Waals surface area contributed by atoms with Gasteiger partial charge in [0.25, 0.3) is 0 Å². The molecule has 0 aliphatic carbocycles. The fraction of sp³-hybridized carbons (Fsp3) is 0.529. The summed E-state index contributed by atoms with van der Waals surface area (Å²) < 4.78 is 26.6. The van der Waals surface area contributed by atoms with Gasteiger partial charge in [-0.3, -0.25) is 9.59 Å². The van der Waals surface area contributed by atoms with Crippen LogP contribution in [0.1, 0.15) is 20.8 Å². The van der Waals surface area contributed by atoms with Crippen molar-refractivity contribution in [3.05, 3.63) is 29.8 Å². The van der Waals surface area contributed by atoms with Gasteiger partial charge in [-0.2, -0.15) is 0 Å². The van der Waals surface area contributed by atoms with Crippen LogP contribution < -0.4 is 5.32 Å². The van der Waals surface area contributed by atoms with E-state index < -0.39 is 23.0 Å². The molecule has 1 N–H and O–H groups in total. The predicted molar refractivity (Wildman–Crippen MR) is 87.5 cm³/mol. The number of amides is 2. The van der Waals surface area contributed by atoms with Crippen LogP contribution in [0.2, 0.25) is 0 Å². The van der Waals surface area contributed by atoms with Crippen LogP contribution >= 0.6 is 0 Å². The average molecular weight is 339 g/mol. The van der Waals surface area contributed by atoms with E-state index in [2.05, 4.69) is 17.1 Å². The van der Waals surface area contributed by atoms with Crippen LogP contribution in [-0.2, 0) is 9.59 Å². The minimum absolute atomic E-state index is 0.141. The van der Waals surface area contributed by atoms with E-state index in [4.69, 9.17) is 0 Å². The van der Waals surface area contributed by atoms with Gasteiger partial charge in [-0.25, -0.2) is 8.78 Å². The molecule has 2 rings (SSSR count). The Hall–Kier alpha value is -2.02. The molecule has 0 spiro atoms. The molecule has 0 bridgehead atoms. The molecule has 0 radical (unpaired) electrons. The Labute approximate surface area is 140 Å². The number of nitrogens with one attached hydrogen (secondary N) is 1. The summed E-state index contributed by atoms with van der Waals surface area (Å²) in [7, 11) is 0. The van der Waals surface area contributed by atoms with Crippen LogP contribution in [0.15, 0.2) is 18.2 Å². The first-order valence-electron chi connectivity index (χ1n) is 8.04. The maximum atomic E-state index is 13.7.